The molecule has 1 atom stereocenters. The summed E-state index contributed by atoms with van der Waals surface area (Å²) in [6, 6.07) is 7.70. The van der Waals surface area contributed by atoms with Crippen molar-refractivity contribution in [1.82, 2.24) is 0 Å². The van der Waals surface area contributed by atoms with E-state index < -0.39 is 0 Å². The molecule has 0 radical (unpaired) electrons. The van der Waals surface area contributed by atoms with Crippen molar-refractivity contribution in [2.45, 2.75) is 47.0 Å². The Bertz CT molecular complexity index is 881. The highest BCUT2D eigenvalue weighted by Gasteiger charge is 2.34. The first-order valence-electron chi connectivity index (χ1n) is 9.57. The first kappa shape index (κ1) is 20.9. The highest BCUT2D eigenvalue weighted by molar-refractivity contribution is 7.17. The van der Waals surface area contributed by atoms with Crippen LogP contribution in [0.25, 0.3) is 0 Å². The molecule has 0 unspecified atom stereocenters. The van der Waals surface area contributed by atoms with E-state index >= 15 is 0 Å². The van der Waals surface area contributed by atoms with Gasteiger partial charge >= 0.3 is 0 Å². The summed E-state index contributed by atoms with van der Waals surface area (Å²) in [7, 11) is 0. The Kier molecular flexibility index (Phi) is 6.15. The lowest BCUT2D eigenvalue weighted by atomic mass is 9.72. The molecular formula is C22H27ClN2O2S. The molecule has 2 aromatic rings. The van der Waals surface area contributed by atoms with Gasteiger partial charge in [-0.1, -0.05) is 38.5 Å². The first-order chi connectivity index (χ1) is 13.2. The number of nitrogens with one attached hydrogen (secondary N) is 2. The number of aryl methyl sites for hydroxylation is 1. The smallest absolute Gasteiger partial charge is 0.258 e. The van der Waals surface area contributed by atoms with E-state index in [0.29, 0.717) is 16.5 Å². The predicted molar refractivity (Wildman–Crippen MR) is 118 cm³/mol. The summed E-state index contributed by atoms with van der Waals surface area (Å²) in [5.74, 6) is -0.0488. The van der Waals surface area contributed by atoms with E-state index in [1.54, 1.807) is 0 Å². The number of carbonyl (C=O) groups excluding carboxylic acids is 2. The Morgan fingerprint density at radius 1 is 1.18 bits per heavy atom. The molecule has 1 aliphatic carbocycles. The van der Waals surface area contributed by atoms with Crippen molar-refractivity contribution in [3.05, 3.63) is 45.8 Å². The number of hydrogen-bond acceptors (Lipinski definition) is 3. The molecule has 0 bridgehead atoms. The highest BCUT2D eigenvalue weighted by atomic mass is 35.5. The second-order valence-corrected chi connectivity index (χ2v) is 9.89. The topological polar surface area (TPSA) is 58.2 Å². The number of halogens is 1. The van der Waals surface area contributed by atoms with Crippen LogP contribution < -0.4 is 10.6 Å². The van der Waals surface area contributed by atoms with Gasteiger partial charge in [-0.25, -0.2) is 0 Å². The third-order valence-corrected chi connectivity index (χ3v) is 6.81. The molecule has 6 heteroatoms. The molecule has 1 aliphatic rings. The highest BCUT2D eigenvalue weighted by Crippen LogP contribution is 2.44. The zero-order valence-electron chi connectivity index (χ0n) is 16.8. The molecule has 0 spiro atoms. The third kappa shape index (κ3) is 4.58. The Hall–Kier alpha value is -1.85. The van der Waals surface area contributed by atoms with Crippen LogP contribution in [0, 0.1) is 18.3 Å². The van der Waals surface area contributed by atoms with E-state index in [0.717, 1.165) is 36.1 Å². The molecule has 3 rings (SSSR count). The van der Waals surface area contributed by atoms with Gasteiger partial charge in [0.1, 0.15) is 10.9 Å². The Morgan fingerprint density at radius 3 is 2.46 bits per heavy atom. The van der Waals surface area contributed by atoms with Crippen LogP contribution in [-0.4, -0.2) is 17.7 Å². The number of benzene rings is 1. The second-order valence-electron chi connectivity index (χ2n) is 8.52. The Labute approximate surface area is 175 Å². The van der Waals surface area contributed by atoms with Gasteiger partial charge in [0.2, 0.25) is 5.91 Å². The number of alkyl halides is 1. The van der Waals surface area contributed by atoms with E-state index in [-0.39, 0.29) is 23.1 Å². The maximum Gasteiger partial charge on any atom is 0.258 e. The van der Waals surface area contributed by atoms with Crippen LogP contribution in [-0.2, 0) is 17.6 Å². The fourth-order valence-electron chi connectivity index (χ4n) is 3.64. The number of anilines is 2. The van der Waals surface area contributed by atoms with Gasteiger partial charge in [0.15, 0.2) is 0 Å². The Morgan fingerprint density at radius 2 is 1.86 bits per heavy atom. The van der Waals surface area contributed by atoms with Crippen molar-refractivity contribution in [1.29, 1.82) is 0 Å². The molecule has 28 heavy (non-hydrogen) atoms. The number of fused-ring (bicyclic) bond motifs is 1. The summed E-state index contributed by atoms with van der Waals surface area (Å²) in [6.07, 6.45) is 2.83. The third-order valence-electron chi connectivity index (χ3n) is 5.40. The molecule has 1 aromatic heterocycles. The normalized spacial score (nSPS) is 16.4. The zero-order chi connectivity index (χ0) is 20.5. The standard InChI is InChI=1S/C22H27ClN2O2S/c1-13-5-8-15(9-6-13)24-20(27)19-16-10-7-14(22(2,3)4)11-17(16)28-21(19)25-18(26)12-23/h5-6,8-9,14H,7,10-12H2,1-4H3,(H,24,27)(H,25,26)/t14-/m0/s1. The molecule has 0 saturated carbocycles. The van der Waals surface area contributed by atoms with E-state index in [2.05, 4.69) is 31.4 Å². The van der Waals surface area contributed by atoms with Crippen molar-refractivity contribution in [2.75, 3.05) is 16.5 Å². The average molecular weight is 419 g/mol. The average Bonchev–Trinajstić information content (AvgIpc) is 2.99. The minimum absolute atomic E-state index is 0.133. The molecule has 1 aromatic carbocycles. The monoisotopic (exact) mass is 418 g/mol. The van der Waals surface area contributed by atoms with Crippen LogP contribution >= 0.6 is 22.9 Å². The van der Waals surface area contributed by atoms with Crippen molar-refractivity contribution in [3.63, 3.8) is 0 Å². The largest absolute Gasteiger partial charge is 0.322 e. The molecule has 0 aliphatic heterocycles. The lowest BCUT2D eigenvalue weighted by molar-refractivity contribution is -0.113. The molecule has 4 nitrogen and oxygen atoms in total. The van der Waals surface area contributed by atoms with Gasteiger partial charge in [0, 0.05) is 10.6 Å². The van der Waals surface area contributed by atoms with E-state index in [1.165, 1.54) is 16.2 Å². The maximum absolute atomic E-state index is 13.1. The summed E-state index contributed by atoms with van der Waals surface area (Å²) >= 11 is 7.20. The molecule has 2 amide bonds. The lowest BCUT2D eigenvalue weighted by Gasteiger charge is -2.33. The second kappa shape index (κ2) is 8.26. The number of carbonyl (C=O) groups is 2. The first-order valence-corrected chi connectivity index (χ1v) is 10.9. The molecule has 2 N–H and O–H groups in total. The van der Waals surface area contributed by atoms with Crippen LogP contribution in [0.1, 0.15) is 53.6 Å². The molecular weight excluding hydrogens is 392 g/mol. The van der Waals surface area contributed by atoms with Crippen LogP contribution in [0.3, 0.4) is 0 Å². The minimum atomic E-state index is -0.294. The van der Waals surface area contributed by atoms with E-state index in [4.69, 9.17) is 11.6 Å². The van der Waals surface area contributed by atoms with E-state index in [1.807, 2.05) is 31.2 Å². The number of rotatable bonds is 4. The van der Waals surface area contributed by atoms with Crippen LogP contribution in [0.2, 0.25) is 0 Å². The summed E-state index contributed by atoms with van der Waals surface area (Å²) in [5, 5.41) is 6.42. The SMILES string of the molecule is Cc1ccc(NC(=O)c2c(NC(=O)CCl)sc3c2CC[C@H](C(C)(C)C)C3)cc1. The zero-order valence-corrected chi connectivity index (χ0v) is 18.4. The molecule has 1 heterocycles. The quantitative estimate of drug-likeness (QED) is 0.631. The van der Waals surface area contributed by atoms with Gasteiger partial charge in [-0.3, -0.25) is 9.59 Å². The molecule has 150 valence electrons. The number of thiophene rings is 1. The van der Waals surface area contributed by atoms with Crippen LogP contribution in [0.5, 0.6) is 0 Å². The fraction of sp³-hybridized carbons (Fsp3) is 0.455. The van der Waals surface area contributed by atoms with Gasteiger partial charge in [0.05, 0.1) is 5.56 Å². The summed E-state index contributed by atoms with van der Waals surface area (Å²) in [4.78, 5) is 26.2. The fourth-order valence-corrected chi connectivity index (χ4v) is 5.05. The minimum Gasteiger partial charge on any atom is -0.322 e. The van der Waals surface area contributed by atoms with Crippen molar-refractivity contribution >= 4 is 45.4 Å². The summed E-state index contributed by atoms with van der Waals surface area (Å²) in [6.45, 7) is 8.79. The van der Waals surface area contributed by atoms with Crippen molar-refractivity contribution < 1.29 is 9.59 Å². The van der Waals surface area contributed by atoms with E-state index in [9.17, 15) is 9.59 Å². The van der Waals surface area contributed by atoms with Crippen molar-refractivity contribution in [2.24, 2.45) is 11.3 Å². The predicted octanol–water partition coefficient (Wildman–Crippen LogP) is 5.64. The molecule has 0 saturated heterocycles. The number of hydrogen-bond donors (Lipinski definition) is 2. The van der Waals surface area contributed by atoms with Crippen LogP contribution in [0.15, 0.2) is 24.3 Å². The van der Waals surface area contributed by atoms with Gasteiger partial charge in [0.25, 0.3) is 5.91 Å². The van der Waals surface area contributed by atoms with Gasteiger partial charge in [-0.2, -0.15) is 0 Å². The maximum atomic E-state index is 13.1. The number of amides is 2. The van der Waals surface area contributed by atoms with Gasteiger partial charge < -0.3 is 10.6 Å². The lowest BCUT2D eigenvalue weighted by Crippen LogP contribution is -2.27. The van der Waals surface area contributed by atoms with Gasteiger partial charge in [-0.05, 0) is 55.2 Å². The Balaban J connectivity index is 1.94. The van der Waals surface area contributed by atoms with Gasteiger partial charge in [-0.15, -0.1) is 22.9 Å². The summed E-state index contributed by atoms with van der Waals surface area (Å²) in [5.41, 5.74) is 3.75. The van der Waals surface area contributed by atoms with Crippen molar-refractivity contribution in [3.8, 4) is 0 Å². The molecule has 0 fully saturated rings. The summed E-state index contributed by atoms with van der Waals surface area (Å²) < 4.78 is 0. The van der Waals surface area contributed by atoms with Crippen LogP contribution in [0.4, 0.5) is 10.7 Å².